The molecule has 2 N–H and O–H groups in total. The van der Waals surface area contributed by atoms with E-state index in [0.29, 0.717) is 73.2 Å². The molecular weight excluding hydrogens is 453 g/mol. The van der Waals surface area contributed by atoms with Gasteiger partial charge in [0, 0.05) is 49.4 Å². The molecule has 0 spiro atoms. The lowest BCUT2D eigenvalue weighted by Gasteiger charge is -2.44. The second-order valence-corrected chi connectivity index (χ2v) is 9.21. The highest BCUT2D eigenvalue weighted by Gasteiger charge is 2.38. The van der Waals surface area contributed by atoms with Gasteiger partial charge >= 0.3 is 0 Å². The van der Waals surface area contributed by atoms with Gasteiger partial charge in [-0.2, -0.15) is 0 Å². The monoisotopic (exact) mass is 483 g/mol. The van der Waals surface area contributed by atoms with Gasteiger partial charge in [-0.15, -0.1) is 0 Å². The Kier molecular flexibility index (Phi) is 6.68. The SMILES string of the molecule is COc1ccc2ncc(F)c(CCN3CCC(C)(NCc4cc5c(cn4)OCCO5)C(O)C3)c2n1. The normalized spacial score (nSPS) is 22.3. The maximum absolute atomic E-state index is 14.6. The van der Waals surface area contributed by atoms with Crippen molar-refractivity contribution in [1.82, 2.24) is 25.2 Å². The van der Waals surface area contributed by atoms with Crippen LogP contribution in [0, 0.1) is 5.82 Å². The fourth-order valence-electron chi connectivity index (χ4n) is 4.58. The number of methoxy groups -OCH3 is 1. The van der Waals surface area contributed by atoms with Gasteiger partial charge in [-0.1, -0.05) is 0 Å². The number of pyridine rings is 3. The van der Waals surface area contributed by atoms with Gasteiger partial charge in [0.15, 0.2) is 11.5 Å². The highest BCUT2D eigenvalue weighted by Crippen LogP contribution is 2.30. The van der Waals surface area contributed by atoms with Gasteiger partial charge in [-0.05, 0) is 25.8 Å². The molecule has 1 saturated heterocycles. The van der Waals surface area contributed by atoms with E-state index in [1.165, 1.54) is 13.3 Å². The lowest BCUT2D eigenvalue weighted by molar-refractivity contribution is -0.00686. The summed E-state index contributed by atoms with van der Waals surface area (Å²) in [5, 5.41) is 14.5. The van der Waals surface area contributed by atoms with Gasteiger partial charge in [0.2, 0.25) is 5.88 Å². The smallest absolute Gasteiger partial charge is 0.213 e. The first-order valence-corrected chi connectivity index (χ1v) is 11.8. The van der Waals surface area contributed by atoms with E-state index in [0.717, 1.165) is 18.7 Å². The minimum atomic E-state index is -0.592. The Morgan fingerprint density at radius 3 is 2.86 bits per heavy atom. The summed E-state index contributed by atoms with van der Waals surface area (Å²) >= 11 is 0. The van der Waals surface area contributed by atoms with E-state index in [9.17, 15) is 9.50 Å². The summed E-state index contributed by atoms with van der Waals surface area (Å²) < 4.78 is 31.0. The van der Waals surface area contributed by atoms with Crippen molar-refractivity contribution in [1.29, 1.82) is 0 Å². The van der Waals surface area contributed by atoms with Crippen LogP contribution < -0.4 is 19.5 Å². The summed E-state index contributed by atoms with van der Waals surface area (Å²) in [6, 6.07) is 5.37. The Morgan fingerprint density at radius 1 is 1.23 bits per heavy atom. The van der Waals surface area contributed by atoms with Crippen molar-refractivity contribution < 1.29 is 23.7 Å². The van der Waals surface area contributed by atoms with Gasteiger partial charge in [0.05, 0.1) is 42.3 Å². The second kappa shape index (κ2) is 9.88. The number of hydrogen-bond donors (Lipinski definition) is 2. The number of aromatic nitrogens is 3. The molecule has 5 heterocycles. The Balaban J connectivity index is 1.20. The van der Waals surface area contributed by atoms with Crippen LogP contribution in [0.15, 0.2) is 30.6 Å². The van der Waals surface area contributed by atoms with Crippen LogP contribution in [0.4, 0.5) is 4.39 Å². The summed E-state index contributed by atoms with van der Waals surface area (Å²) in [5.74, 6) is 1.40. The van der Waals surface area contributed by atoms with Crippen molar-refractivity contribution in [2.45, 2.75) is 38.0 Å². The van der Waals surface area contributed by atoms with Gasteiger partial charge < -0.3 is 29.5 Å². The number of aliphatic hydroxyl groups excluding tert-OH is 1. The molecule has 186 valence electrons. The lowest BCUT2D eigenvalue weighted by Crippen LogP contribution is -2.61. The molecule has 1 fully saturated rings. The van der Waals surface area contributed by atoms with Crippen LogP contribution in [0.5, 0.6) is 17.4 Å². The molecule has 0 aromatic carbocycles. The van der Waals surface area contributed by atoms with E-state index >= 15 is 0 Å². The standard InChI is InChI=1S/C25H30FN5O4/c1-25(29-12-16-11-20-21(14-27-16)35-10-9-34-20)6-8-31(15-22(25)32)7-5-17-18(26)13-28-19-3-4-23(33-2)30-24(17)19/h3-4,11,13-14,22,29,32H,5-10,12,15H2,1-2H3. The maximum atomic E-state index is 14.6. The van der Waals surface area contributed by atoms with Crippen LogP contribution in [-0.2, 0) is 13.0 Å². The number of nitrogens with one attached hydrogen (secondary N) is 1. The highest BCUT2D eigenvalue weighted by atomic mass is 19.1. The molecule has 2 aliphatic heterocycles. The molecular formula is C25H30FN5O4. The predicted octanol–water partition coefficient (Wildman–Crippen LogP) is 2.10. The Bertz CT molecular complexity index is 1210. The molecule has 0 amide bonds. The Morgan fingerprint density at radius 2 is 2.06 bits per heavy atom. The van der Waals surface area contributed by atoms with E-state index in [1.807, 2.05) is 13.0 Å². The summed E-state index contributed by atoms with van der Waals surface area (Å²) in [6.45, 7) is 5.45. The molecule has 3 aromatic heterocycles. The number of fused-ring (bicyclic) bond motifs is 2. The van der Waals surface area contributed by atoms with Crippen molar-refractivity contribution >= 4 is 11.0 Å². The minimum Gasteiger partial charge on any atom is -0.486 e. The van der Waals surface area contributed by atoms with Crippen molar-refractivity contribution in [2.75, 3.05) is 40.0 Å². The van der Waals surface area contributed by atoms with Crippen LogP contribution in [0.3, 0.4) is 0 Å². The second-order valence-electron chi connectivity index (χ2n) is 9.21. The minimum absolute atomic E-state index is 0.380. The quantitative estimate of drug-likeness (QED) is 0.523. The third-order valence-electron chi connectivity index (χ3n) is 6.90. The van der Waals surface area contributed by atoms with E-state index in [4.69, 9.17) is 14.2 Å². The predicted molar refractivity (Wildman–Crippen MR) is 127 cm³/mol. The van der Waals surface area contributed by atoms with Crippen LogP contribution in [-0.4, -0.2) is 76.6 Å². The number of ether oxygens (including phenoxy) is 3. The third-order valence-corrected chi connectivity index (χ3v) is 6.90. The number of likely N-dealkylation sites (tertiary alicyclic amines) is 1. The Hall–Kier alpha value is -3.08. The van der Waals surface area contributed by atoms with Crippen molar-refractivity contribution in [3.63, 3.8) is 0 Å². The molecule has 2 aliphatic rings. The molecule has 35 heavy (non-hydrogen) atoms. The molecule has 9 nitrogen and oxygen atoms in total. The number of aliphatic hydroxyl groups is 1. The summed E-state index contributed by atoms with van der Waals surface area (Å²) in [5.41, 5.74) is 2.02. The number of β-amino-alcohol motifs (C(OH)–C–C–N with tert-alkyl or cyclic N) is 1. The van der Waals surface area contributed by atoms with Crippen molar-refractivity contribution in [3.8, 4) is 17.4 Å². The van der Waals surface area contributed by atoms with Crippen molar-refractivity contribution in [2.24, 2.45) is 0 Å². The first kappa shape index (κ1) is 23.7. The number of rotatable bonds is 7. The molecule has 0 radical (unpaired) electrons. The fraction of sp³-hybridized carbons (Fsp3) is 0.480. The maximum Gasteiger partial charge on any atom is 0.213 e. The summed E-state index contributed by atoms with van der Waals surface area (Å²) in [4.78, 5) is 15.1. The Labute approximate surface area is 203 Å². The molecule has 0 saturated carbocycles. The zero-order valence-electron chi connectivity index (χ0n) is 20.0. The third kappa shape index (κ3) is 5.00. The molecule has 0 aliphatic carbocycles. The van der Waals surface area contributed by atoms with E-state index in [2.05, 4.69) is 25.2 Å². The van der Waals surface area contributed by atoms with E-state index < -0.39 is 11.6 Å². The fourth-order valence-corrected chi connectivity index (χ4v) is 4.58. The topological polar surface area (TPSA) is 102 Å². The number of nitrogens with zero attached hydrogens (tertiary/aromatic N) is 4. The highest BCUT2D eigenvalue weighted by molar-refractivity contribution is 5.78. The molecule has 5 rings (SSSR count). The van der Waals surface area contributed by atoms with Gasteiger partial charge in [0.1, 0.15) is 19.0 Å². The van der Waals surface area contributed by atoms with Gasteiger partial charge in [0.25, 0.3) is 0 Å². The van der Waals surface area contributed by atoms with Crippen LogP contribution in [0.25, 0.3) is 11.0 Å². The lowest BCUT2D eigenvalue weighted by atomic mass is 9.86. The molecule has 3 aromatic rings. The van der Waals surface area contributed by atoms with E-state index in [-0.39, 0.29) is 5.82 Å². The zero-order valence-corrected chi connectivity index (χ0v) is 20.0. The summed E-state index contributed by atoms with van der Waals surface area (Å²) in [7, 11) is 1.53. The molecule has 10 heteroatoms. The molecule has 2 unspecified atom stereocenters. The first-order chi connectivity index (χ1) is 16.9. The number of halogens is 1. The van der Waals surface area contributed by atoms with Crippen LogP contribution in [0.2, 0.25) is 0 Å². The van der Waals surface area contributed by atoms with Gasteiger partial charge in [-0.3, -0.25) is 9.97 Å². The zero-order chi connectivity index (χ0) is 24.4. The molecule has 2 atom stereocenters. The van der Waals surface area contributed by atoms with Crippen LogP contribution >= 0.6 is 0 Å². The van der Waals surface area contributed by atoms with Crippen molar-refractivity contribution in [3.05, 3.63) is 47.7 Å². The van der Waals surface area contributed by atoms with Crippen LogP contribution in [0.1, 0.15) is 24.6 Å². The van der Waals surface area contributed by atoms with E-state index in [1.54, 1.807) is 18.3 Å². The average molecular weight is 484 g/mol. The number of hydrogen-bond acceptors (Lipinski definition) is 9. The molecule has 0 bridgehead atoms. The largest absolute Gasteiger partial charge is 0.486 e. The first-order valence-electron chi connectivity index (χ1n) is 11.8. The summed E-state index contributed by atoms with van der Waals surface area (Å²) in [6.07, 6.45) is 3.53. The number of piperidine rings is 1. The van der Waals surface area contributed by atoms with Gasteiger partial charge in [-0.25, -0.2) is 9.37 Å². The average Bonchev–Trinajstić information content (AvgIpc) is 2.88.